The molecule has 4 heteroatoms. The third-order valence-electron chi connectivity index (χ3n) is 3.80. The Balaban J connectivity index is 1.59. The summed E-state index contributed by atoms with van der Waals surface area (Å²) in [6.07, 6.45) is 6.63. The van der Waals surface area contributed by atoms with Crippen molar-refractivity contribution in [2.45, 2.75) is 25.7 Å². The van der Waals surface area contributed by atoms with Gasteiger partial charge in [-0.2, -0.15) is 0 Å². The van der Waals surface area contributed by atoms with E-state index >= 15 is 0 Å². The van der Waals surface area contributed by atoms with Crippen LogP contribution < -0.4 is 5.32 Å². The third kappa shape index (κ3) is 1.73. The Bertz CT molecular complexity index is 418. The molecule has 0 aromatic carbocycles. The second-order valence-electron chi connectivity index (χ2n) is 4.93. The van der Waals surface area contributed by atoms with E-state index in [0.29, 0.717) is 11.0 Å². The Hall–Kier alpha value is -0.960. The van der Waals surface area contributed by atoms with Gasteiger partial charge in [-0.05, 0) is 54.7 Å². The molecule has 0 radical (unpaired) electrons. The predicted molar refractivity (Wildman–Crippen MR) is 60.4 cm³/mol. The van der Waals surface area contributed by atoms with Crippen molar-refractivity contribution in [2.75, 3.05) is 6.54 Å². The Morgan fingerprint density at radius 2 is 2.31 bits per heavy atom. The molecule has 0 atom stereocenters. The summed E-state index contributed by atoms with van der Waals surface area (Å²) >= 11 is 5.75. The van der Waals surface area contributed by atoms with Gasteiger partial charge in [0.05, 0.1) is 11.8 Å². The van der Waals surface area contributed by atoms with Gasteiger partial charge in [-0.1, -0.05) is 0 Å². The minimum Gasteiger partial charge on any atom is -0.452 e. The maximum absolute atomic E-state index is 11.8. The van der Waals surface area contributed by atoms with Crippen molar-refractivity contribution in [2.24, 2.45) is 11.3 Å². The van der Waals surface area contributed by atoms with E-state index in [2.05, 4.69) is 5.32 Å². The fraction of sp³-hybridized carbons (Fsp3) is 0.583. The molecule has 3 rings (SSSR count). The van der Waals surface area contributed by atoms with E-state index in [1.165, 1.54) is 31.9 Å². The van der Waals surface area contributed by atoms with E-state index in [9.17, 15) is 4.79 Å². The summed E-state index contributed by atoms with van der Waals surface area (Å²) in [5.74, 6) is 0.735. The minimum atomic E-state index is -0.120. The quantitative estimate of drug-likeness (QED) is 0.878. The summed E-state index contributed by atoms with van der Waals surface area (Å²) in [6.45, 7) is 0.790. The number of halogens is 1. The number of hydrogen-bond acceptors (Lipinski definition) is 2. The number of nitrogens with one attached hydrogen (secondary N) is 1. The number of amides is 1. The van der Waals surface area contributed by atoms with Gasteiger partial charge in [0.1, 0.15) is 0 Å². The molecule has 0 spiro atoms. The molecular formula is C12H14ClNO2. The van der Waals surface area contributed by atoms with Gasteiger partial charge in [0, 0.05) is 6.54 Å². The highest BCUT2D eigenvalue weighted by atomic mass is 35.5. The zero-order chi connectivity index (χ0) is 11.2. The lowest BCUT2D eigenvalue weighted by molar-refractivity contribution is 0.0942. The number of furan rings is 1. The number of carbonyl (C=O) groups excluding carboxylic acids is 1. The monoisotopic (exact) mass is 239 g/mol. The first-order chi connectivity index (χ1) is 7.71. The molecule has 1 aromatic heterocycles. The SMILES string of the molecule is O=C(NCC1(C2CC2)CC1)c1ccoc1Cl. The highest BCUT2D eigenvalue weighted by molar-refractivity contribution is 6.32. The topological polar surface area (TPSA) is 42.2 Å². The lowest BCUT2D eigenvalue weighted by Crippen LogP contribution is -2.31. The molecule has 2 fully saturated rings. The standard InChI is InChI=1S/C12H14ClNO2/c13-10-9(3-6-16-10)11(15)14-7-12(4-5-12)8-1-2-8/h3,6,8H,1-2,4-5,7H2,(H,14,15). The van der Waals surface area contributed by atoms with Crippen molar-refractivity contribution >= 4 is 17.5 Å². The summed E-state index contributed by atoms with van der Waals surface area (Å²) in [4.78, 5) is 11.8. The van der Waals surface area contributed by atoms with Crippen molar-refractivity contribution in [1.82, 2.24) is 5.32 Å². The summed E-state index contributed by atoms with van der Waals surface area (Å²) in [6, 6.07) is 1.61. The molecule has 0 saturated heterocycles. The van der Waals surface area contributed by atoms with Gasteiger partial charge < -0.3 is 9.73 Å². The van der Waals surface area contributed by atoms with Crippen molar-refractivity contribution in [3.8, 4) is 0 Å². The van der Waals surface area contributed by atoms with E-state index in [0.717, 1.165) is 12.5 Å². The van der Waals surface area contributed by atoms with Crippen LogP contribution in [0.15, 0.2) is 16.7 Å². The summed E-state index contributed by atoms with van der Waals surface area (Å²) < 4.78 is 4.90. The van der Waals surface area contributed by atoms with E-state index in [1.807, 2.05) is 0 Å². The molecule has 0 bridgehead atoms. The maximum atomic E-state index is 11.8. The van der Waals surface area contributed by atoms with Crippen LogP contribution in [0, 0.1) is 11.3 Å². The molecule has 0 unspecified atom stereocenters. The smallest absolute Gasteiger partial charge is 0.256 e. The Labute approximate surface area is 99.1 Å². The van der Waals surface area contributed by atoms with E-state index in [4.69, 9.17) is 16.0 Å². The van der Waals surface area contributed by atoms with E-state index in [-0.39, 0.29) is 11.1 Å². The number of hydrogen-bond donors (Lipinski definition) is 1. The summed E-state index contributed by atoms with van der Waals surface area (Å²) in [7, 11) is 0. The van der Waals surface area contributed by atoms with Crippen molar-refractivity contribution < 1.29 is 9.21 Å². The first-order valence-electron chi connectivity index (χ1n) is 5.72. The van der Waals surface area contributed by atoms with Crippen LogP contribution in [-0.4, -0.2) is 12.5 Å². The van der Waals surface area contributed by atoms with Crippen LogP contribution in [0.25, 0.3) is 0 Å². The fourth-order valence-corrected chi connectivity index (χ4v) is 2.59. The van der Waals surface area contributed by atoms with Crippen molar-refractivity contribution in [3.05, 3.63) is 23.1 Å². The van der Waals surface area contributed by atoms with Gasteiger partial charge in [0.2, 0.25) is 5.22 Å². The fourth-order valence-electron chi connectivity index (χ4n) is 2.39. The Morgan fingerprint density at radius 3 is 2.81 bits per heavy atom. The molecule has 1 aromatic rings. The maximum Gasteiger partial charge on any atom is 0.256 e. The van der Waals surface area contributed by atoms with Crippen LogP contribution >= 0.6 is 11.6 Å². The number of rotatable bonds is 4. The molecule has 1 heterocycles. The van der Waals surface area contributed by atoms with Crippen LogP contribution in [-0.2, 0) is 0 Å². The third-order valence-corrected chi connectivity index (χ3v) is 4.09. The summed E-state index contributed by atoms with van der Waals surface area (Å²) in [5, 5.41) is 3.14. The van der Waals surface area contributed by atoms with E-state index < -0.39 is 0 Å². The second kappa shape index (κ2) is 3.52. The Morgan fingerprint density at radius 1 is 1.56 bits per heavy atom. The zero-order valence-electron chi connectivity index (χ0n) is 8.96. The average molecular weight is 240 g/mol. The largest absolute Gasteiger partial charge is 0.452 e. The lowest BCUT2D eigenvalue weighted by atomic mass is 10.0. The minimum absolute atomic E-state index is 0.120. The lowest BCUT2D eigenvalue weighted by Gasteiger charge is -2.14. The molecule has 0 aliphatic heterocycles. The second-order valence-corrected chi connectivity index (χ2v) is 5.27. The molecule has 1 N–H and O–H groups in total. The van der Waals surface area contributed by atoms with Gasteiger partial charge in [0.25, 0.3) is 5.91 Å². The first kappa shape index (κ1) is 10.2. The predicted octanol–water partition coefficient (Wildman–Crippen LogP) is 2.85. The molecule has 2 saturated carbocycles. The van der Waals surface area contributed by atoms with Crippen molar-refractivity contribution in [3.63, 3.8) is 0 Å². The van der Waals surface area contributed by atoms with Crippen LogP contribution in [0.5, 0.6) is 0 Å². The van der Waals surface area contributed by atoms with Crippen LogP contribution in [0.1, 0.15) is 36.0 Å². The summed E-state index contributed by atoms with van der Waals surface area (Å²) in [5.41, 5.74) is 0.861. The molecule has 1 amide bonds. The highest BCUT2D eigenvalue weighted by Crippen LogP contribution is 2.60. The molecular weight excluding hydrogens is 226 g/mol. The van der Waals surface area contributed by atoms with E-state index in [1.54, 1.807) is 6.07 Å². The van der Waals surface area contributed by atoms with Crippen molar-refractivity contribution in [1.29, 1.82) is 0 Å². The molecule has 2 aliphatic carbocycles. The molecule has 2 aliphatic rings. The zero-order valence-corrected chi connectivity index (χ0v) is 9.72. The molecule has 86 valence electrons. The van der Waals surface area contributed by atoms with Crippen LogP contribution in [0.2, 0.25) is 5.22 Å². The normalized spacial score (nSPS) is 21.8. The van der Waals surface area contributed by atoms with Crippen LogP contribution in [0.4, 0.5) is 0 Å². The van der Waals surface area contributed by atoms with Gasteiger partial charge in [-0.3, -0.25) is 4.79 Å². The highest BCUT2D eigenvalue weighted by Gasteiger charge is 2.53. The molecule has 16 heavy (non-hydrogen) atoms. The molecule has 3 nitrogen and oxygen atoms in total. The average Bonchev–Trinajstić information content (AvgIpc) is 3.14. The number of carbonyl (C=O) groups is 1. The van der Waals surface area contributed by atoms with Crippen LogP contribution in [0.3, 0.4) is 0 Å². The first-order valence-corrected chi connectivity index (χ1v) is 6.10. The van der Waals surface area contributed by atoms with Gasteiger partial charge >= 0.3 is 0 Å². The van der Waals surface area contributed by atoms with Gasteiger partial charge in [-0.25, -0.2) is 0 Å². The van der Waals surface area contributed by atoms with Gasteiger partial charge in [0.15, 0.2) is 0 Å². The Kier molecular flexibility index (Phi) is 2.25. The van der Waals surface area contributed by atoms with Gasteiger partial charge in [-0.15, -0.1) is 0 Å².